The second-order valence-corrected chi connectivity index (χ2v) is 14.1. The third-order valence-electron chi connectivity index (χ3n) is 11.6. The van der Waals surface area contributed by atoms with E-state index in [0.29, 0.717) is 70.3 Å². The largest absolute Gasteiger partial charge is 0.497 e. The van der Waals surface area contributed by atoms with Crippen molar-refractivity contribution in [2.75, 3.05) is 65.5 Å². The van der Waals surface area contributed by atoms with Crippen LogP contribution in [0.2, 0.25) is 0 Å². The van der Waals surface area contributed by atoms with Crippen molar-refractivity contribution in [1.82, 2.24) is 9.80 Å². The number of amides is 1. The van der Waals surface area contributed by atoms with Crippen LogP contribution >= 0.6 is 0 Å². The first kappa shape index (κ1) is 35.5. The summed E-state index contributed by atoms with van der Waals surface area (Å²) in [6.07, 6.45) is 0.981. The Bertz CT molecular complexity index is 1470. The topological polar surface area (TPSA) is 91.8 Å². The number of carboxylic acid groups (broad SMARTS) is 1. The maximum Gasteiger partial charge on any atom is 0.416 e. The molecular formula is C37H48F3N3O6. The van der Waals surface area contributed by atoms with Crippen molar-refractivity contribution in [2.24, 2.45) is 5.92 Å². The van der Waals surface area contributed by atoms with Crippen LogP contribution in [0.5, 0.6) is 5.75 Å². The molecule has 268 valence electrons. The van der Waals surface area contributed by atoms with Crippen molar-refractivity contribution in [3.63, 3.8) is 0 Å². The second-order valence-electron chi connectivity index (χ2n) is 14.1. The Hall–Kier alpha value is -3.35. The molecule has 4 aliphatic rings. The number of methoxy groups -OCH3 is 3. The van der Waals surface area contributed by atoms with Gasteiger partial charge in [-0.2, -0.15) is 13.2 Å². The fraction of sp³-hybridized carbons (Fsp3) is 0.622. The highest BCUT2D eigenvalue weighted by Crippen LogP contribution is 2.45. The van der Waals surface area contributed by atoms with Crippen LogP contribution in [-0.4, -0.2) is 105 Å². The molecule has 9 nitrogen and oxygen atoms in total. The van der Waals surface area contributed by atoms with Gasteiger partial charge in [0.25, 0.3) is 5.91 Å². The smallest absolute Gasteiger partial charge is 0.416 e. The number of alkyl halides is 3. The molecule has 12 heteroatoms. The van der Waals surface area contributed by atoms with Gasteiger partial charge in [0.2, 0.25) is 0 Å². The average Bonchev–Trinajstić information content (AvgIpc) is 3.77. The lowest BCUT2D eigenvalue weighted by atomic mass is 9.83. The van der Waals surface area contributed by atoms with E-state index >= 15 is 0 Å². The van der Waals surface area contributed by atoms with Crippen LogP contribution in [0.1, 0.15) is 73.5 Å². The summed E-state index contributed by atoms with van der Waals surface area (Å²) in [5, 5.41) is 9.48. The number of ether oxygens (including phenoxy) is 3. The van der Waals surface area contributed by atoms with Crippen LogP contribution in [0.3, 0.4) is 0 Å². The predicted octanol–water partition coefficient (Wildman–Crippen LogP) is 5.77. The summed E-state index contributed by atoms with van der Waals surface area (Å²) in [5.74, 6) is -1.15. The van der Waals surface area contributed by atoms with Gasteiger partial charge in [-0.1, -0.05) is 18.2 Å². The number of anilines is 1. The molecule has 0 aromatic heterocycles. The zero-order valence-electron chi connectivity index (χ0n) is 28.6. The number of carbonyl (C=O) groups excluding carboxylic acids is 1. The Kier molecular flexibility index (Phi) is 10.5. The Morgan fingerprint density at radius 2 is 1.57 bits per heavy atom. The number of halogens is 3. The molecule has 3 atom stereocenters. The zero-order chi connectivity index (χ0) is 34.9. The Balaban J connectivity index is 1.26. The van der Waals surface area contributed by atoms with Crippen LogP contribution in [0.25, 0.3) is 0 Å². The fourth-order valence-electron chi connectivity index (χ4n) is 8.68. The van der Waals surface area contributed by atoms with Crippen molar-refractivity contribution in [3.05, 3.63) is 59.2 Å². The van der Waals surface area contributed by atoms with Crippen molar-refractivity contribution < 1.29 is 42.1 Å². The van der Waals surface area contributed by atoms with Gasteiger partial charge in [0.05, 0.1) is 24.7 Å². The number of nitrogens with zero attached hydrogens (tertiary/aromatic N) is 3. The number of hydrogen-bond acceptors (Lipinski definition) is 7. The number of carbonyl (C=O) groups is 2. The first-order valence-corrected chi connectivity index (χ1v) is 17.4. The SMILES string of the molecule is COc1ccc([C@@H]2CN(C3CCC(OC)CC3)C[C@@]2(OC)C(=O)N2CC[C@@H](c3ccc(C(F)(F)F)cc3N3CCC(C(=O)O)CC3)C2)cc1. The molecule has 3 saturated heterocycles. The van der Waals surface area contributed by atoms with Crippen LogP contribution < -0.4 is 9.64 Å². The Labute approximate surface area is 286 Å². The normalized spacial score (nSPS) is 28.6. The monoisotopic (exact) mass is 687 g/mol. The minimum Gasteiger partial charge on any atom is -0.497 e. The lowest BCUT2D eigenvalue weighted by Gasteiger charge is -2.37. The molecule has 2 aromatic carbocycles. The van der Waals surface area contributed by atoms with Crippen LogP contribution in [0, 0.1) is 5.92 Å². The first-order chi connectivity index (χ1) is 23.5. The van der Waals surface area contributed by atoms with E-state index in [4.69, 9.17) is 14.2 Å². The van der Waals surface area contributed by atoms with Crippen molar-refractivity contribution in [3.8, 4) is 5.75 Å². The number of carboxylic acids is 1. The zero-order valence-corrected chi connectivity index (χ0v) is 28.6. The van der Waals surface area contributed by atoms with Gasteiger partial charge in [-0.3, -0.25) is 14.5 Å². The molecule has 0 unspecified atom stereocenters. The summed E-state index contributed by atoms with van der Waals surface area (Å²) in [5.41, 5.74) is 0.370. The summed E-state index contributed by atoms with van der Waals surface area (Å²) in [6, 6.07) is 12.0. The van der Waals surface area contributed by atoms with Gasteiger partial charge in [0.15, 0.2) is 5.60 Å². The molecule has 1 aliphatic carbocycles. The maximum atomic E-state index is 14.8. The molecule has 3 heterocycles. The predicted molar refractivity (Wildman–Crippen MR) is 178 cm³/mol. The minimum absolute atomic E-state index is 0.0953. The van der Waals surface area contributed by atoms with Gasteiger partial charge in [0, 0.05) is 77.1 Å². The van der Waals surface area contributed by atoms with E-state index in [1.165, 1.54) is 6.07 Å². The third kappa shape index (κ3) is 7.14. The second kappa shape index (κ2) is 14.5. The molecule has 0 spiro atoms. The van der Waals surface area contributed by atoms with E-state index in [0.717, 1.165) is 48.6 Å². The summed E-state index contributed by atoms with van der Waals surface area (Å²) < 4.78 is 59.0. The summed E-state index contributed by atoms with van der Waals surface area (Å²) in [6.45, 7) is 2.66. The molecule has 1 amide bonds. The Morgan fingerprint density at radius 1 is 0.878 bits per heavy atom. The molecule has 2 aromatic rings. The van der Waals surface area contributed by atoms with E-state index in [2.05, 4.69) is 4.90 Å². The molecule has 1 N–H and O–H groups in total. The van der Waals surface area contributed by atoms with Gasteiger partial charge in [-0.25, -0.2) is 0 Å². The van der Waals surface area contributed by atoms with Crippen molar-refractivity contribution in [2.45, 2.75) is 80.7 Å². The molecule has 1 saturated carbocycles. The summed E-state index contributed by atoms with van der Waals surface area (Å²) in [4.78, 5) is 32.5. The number of benzene rings is 2. The molecular weight excluding hydrogens is 639 g/mol. The van der Waals surface area contributed by atoms with Gasteiger partial charge in [-0.05, 0) is 80.3 Å². The molecule has 6 rings (SSSR count). The number of likely N-dealkylation sites (tertiary alicyclic amines) is 2. The van der Waals surface area contributed by atoms with E-state index in [1.807, 2.05) is 34.1 Å². The molecule has 3 aliphatic heterocycles. The fourth-order valence-corrected chi connectivity index (χ4v) is 8.68. The van der Waals surface area contributed by atoms with Gasteiger partial charge >= 0.3 is 12.1 Å². The molecule has 0 radical (unpaired) electrons. The highest BCUT2D eigenvalue weighted by Gasteiger charge is 2.56. The third-order valence-corrected chi connectivity index (χ3v) is 11.6. The maximum absolute atomic E-state index is 14.8. The van der Waals surface area contributed by atoms with Gasteiger partial charge < -0.3 is 29.1 Å². The lowest BCUT2D eigenvalue weighted by Crippen LogP contribution is -2.54. The van der Waals surface area contributed by atoms with Crippen molar-refractivity contribution in [1.29, 1.82) is 0 Å². The Morgan fingerprint density at radius 3 is 2.16 bits per heavy atom. The summed E-state index contributed by atoms with van der Waals surface area (Å²) >= 11 is 0. The number of aliphatic carboxylic acids is 1. The van der Waals surface area contributed by atoms with Crippen LogP contribution in [-0.2, 0) is 25.2 Å². The van der Waals surface area contributed by atoms with Gasteiger partial charge in [-0.15, -0.1) is 0 Å². The van der Waals surface area contributed by atoms with E-state index < -0.39 is 29.2 Å². The first-order valence-electron chi connectivity index (χ1n) is 17.4. The van der Waals surface area contributed by atoms with Crippen LogP contribution in [0.4, 0.5) is 18.9 Å². The van der Waals surface area contributed by atoms with E-state index in [-0.39, 0.29) is 23.8 Å². The number of piperidine rings is 1. The highest BCUT2D eigenvalue weighted by molar-refractivity contribution is 5.88. The summed E-state index contributed by atoms with van der Waals surface area (Å²) in [7, 11) is 4.99. The van der Waals surface area contributed by atoms with E-state index in [1.54, 1.807) is 27.4 Å². The van der Waals surface area contributed by atoms with Crippen molar-refractivity contribution >= 4 is 17.6 Å². The molecule has 4 fully saturated rings. The minimum atomic E-state index is -4.51. The lowest BCUT2D eigenvalue weighted by molar-refractivity contribution is -0.154. The van der Waals surface area contributed by atoms with E-state index in [9.17, 15) is 27.9 Å². The molecule has 49 heavy (non-hydrogen) atoms. The number of rotatable bonds is 9. The van der Waals surface area contributed by atoms with Gasteiger partial charge in [0.1, 0.15) is 5.75 Å². The average molecular weight is 688 g/mol. The standard InChI is InChI=1S/C37H48F3N3O6/c1-47-29-9-4-24(5-10-29)32-22-43(28-7-11-30(48-2)12-8-28)23-36(32,49-3)35(46)42-19-16-26(21-42)31-13-6-27(37(38,39)40)20-33(31)41-17-14-25(15-18-41)34(44)45/h4-6,9-10,13,20,25-26,28,30,32H,7-8,11-12,14-19,21-23H2,1-3H3,(H,44,45)/t26-,28?,30?,32+,36+/m1/s1. The number of hydrogen-bond donors (Lipinski definition) is 1. The van der Waals surface area contributed by atoms with Crippen LogP contribution in [0.15, 0.2) is 42.5 Å². The highest BCUT2D eigenvalue weighted by atomic mass is 19.4. The molecule has 0 bridgehead atoms. The quantitative estimate of drug-likeness (QED) is 0.356.